The Bertz CT molecular complexity index is 1120. The molecule has 0 radical (unpaired) electrons. The summed E-state index contributed by atoms with van der Waals surface area (Å²) in [5, 5.41) is 11.1. The van der Waals surface area contributed by atoms with E-state index in [1.807, 2.05) is 13.0 Å². The highest BCUT2D eigenvalue weighted by atomic mass is 16.5. The van der Waals surface area contributed by atoms with E-state index >= 15 is 0 Å². The smallest absolute Gasteiger partial charge is 0.296 e. The van der Waals surface area contributed by atoms with Crippen LogP contribution in [0.4, 0.5) is 0 Å². The van der Waals surface area contributed by atoms with Crippen LogP contribution in [-0.2, 0) is 16.1 Å². The van der Waals surface area contributed by atoms with Gasteiger partial charge in [-0.2, -0.15) is 0 Å². The number of aliphatic hydroxyl groups excluding tert-OH is 1. The highest BCUT2D eigenvalue weighted by Gasteiger charge is 2.47. The number of benzene rings is 1. The predicted octanol–water partition coefficient (Wildman–Crippen LogP) is 3.61. The largest absolute Gasteiger partial charge is 0.507 e. The summed E-state index contributed by atoms with van der Waals surface area (Å²) in [6.07, 6.45) is 4.70. The number of ketones is 1. The molecule has 1 unspecified atom stereocenters. The van der Waals surface area contributed by atoms with Gasteiger partial charge in [0.1, 0.15) is 23.3 Å². The van der Waals surface area contributed by atoms with Gasteiger partial charge in [-0.1, -0.05) is 11.6 Å². The second-order valence-corrected chi connectivity index (χ2v) is 7.00. The first-order valence-corrected chi connectivity index (χ1v) is 9.37. The molecule has 1 amide bonds. The van der Waals surface area contributed by atoms with Gasteiger partial charge in [0.25, 0.3) is 11.7 Å². The van der Waals surface area contributed by atoms with Gasteiger partial charge in [-0.3, -0.25) is 14.6 Å². The van der Waals surface area contributed by atoms with E-state index in [4.69, 9.17) is 9.15 Å². The van der Waals surface area contributed by atoms with Crippen molar-refractivity contribution < 1.29 is 23.8 Å². The first kappa shape index (κ1) is 19.4. The fourth-order valence-electron chi connectivity index (χ4n) is 3.62. The molecule has 0 aliphatic carbocycles. The summed E-state index contributed by atoms with van der Waals surface area (Å²) in [4.78, 5) is 31.3. The summed E-state index contributed by atoms with van der Waals surface area (Å²) in [5.41, 5.74) is 1.98. The lowest BCUT2D eigenvalue weighted by molar-refractivity contribution is -0.140. The molecule has 1 aliphatic rings. The van der Waals surface area contributed by atoms with E-state index in [0.29, 0.717) is 17.1 Å². The zero-order chi connectivity index (χ0) is 21.3. The average molecular weight is 404 g/mol. The first-order valence-electron chi connectivity index (χ1n) is 9.37. The van der Waals surface area contributed by atoms with Crippen molar-refractivity contribution in [3.63, 3.8) is 0 Å². The molecule has 0 saturated carbocycles. The zero-order valence-corrected chi connectivity index (χ0v) is 16.5. The van der Waals surface area contributed by atoms with Gasteiger partial charge in [0, 0.05) is 18.9 Å². The summed E-state index contributed by atoms with van der Waals surface area (Å²) >= 11 is 0. The molecular weight excluding hydrogens is 384 g/mol. The number of hydrogen-bond donors (Lipinski definition) is 1. The summed E-state index contributed by atoms with van der Waals surface area (Å²) in [5.74, 6) is -0.992. The van der Waals surface area contributed by atoms with Crippen molar-refractivity contribution in [2.75, 3.05) is 7.11 Å². The Kier molecular flexibility index (Phi) is 5.10. The molecule has 152 valence electrons. The summed E-state index contributed by atoms with van der Waals surface area (Å²) in [6, 6.07) is 11.3. The highest BCUT2D eigenvalue weighted by Crippen LogP contribution is 2.41. The lowest BCUT2D eigenvalue weighted by Gasteiger charge is -2.23. The number of ether oxygens (including phenoxy) is 1. The number of amides is 1. The van der Waals surface area contributed by atoms with Crippen molar-refractivity contribution in [1.29, 1.82) is 0 Å². The Morgan fingerprint density at radius 1 is 1.20 bits per heavy atom. The van der Waals surface area contributed by atoms with E-state index in [1.165, 1.54) is 18.3 Å². The molecule has 7 nitrogen and oxygen atoms in total. The number of aromatic nitrogens is 1. The minimum Gasteiger partial charge on any atom is -0.507 e. The topological polar surface area (TPSA) is 92.9 Å². The number of pyridine rings is 1. The molecular formula is C23H20N2O5. The molecule has 1 fully saturated rings. The molecule has 2 aromatic heterocycles. The third-order valence-electron chi connectivity index (χ3n) is 5.07. The van der Waals surface area contributed by atoms with Crippen LogP contribution in [0.5, 0.6) is 5.75 Å². The molecule has 3 aromatic rings. The standard InChI is InChI=1S/C23H20N2O5/c1-14-5-6-17(29-2)16(12-14)21(26)19-20(18-4-3-11-30-18)25(23(28)22(19)27)13-15-7-9-24-10-8-15/h3-12,20,26H,13H2,1-2H3/b21-19-. The SMILES string of the molecule is COc1ccc(C)cc1/C(O)=C1/C(=O)C(=O)N(Cc2ccncc2)C1c1ccco1. The maximum absolute atomic E-state index is 13.0. The molecule has 1 saturated heterocycles. The Balaban J connectivity index is 1.88. The quantitative estimate of drug-likeness (QED) is 0.397. The summed E-state index contributed by atoms with van der Waals surface area (Å²) < 4.78 is 10.9. The number of aryl methyl sites for hydroxylation is 1. The first-order chi connectivity index (χ1) is 14.5. The van der Waals surface area contributed by atoms with E-state index in [2.05, 4.69) is 4.98 Å². The predicted molar refractivity (Wildman–Crippen MR) is 109 cm³/mol. The highest BCUT2D eigenvalue weighted by molar-refractivity contribution is 6.46. The number of likely N-dealkylation sites (tertiary alicyclic amines) is 1. The van der Waals surface area contributed by atoms with Gasteiger partial charge >= 0.3 is 0 Å². The number of carbonyl (C=O) groups is 2. The number of methoxy groups -OCH3 is 1. The lowest BCUT2D eigenvalue weighted by Crippen LogP contribution is -2.29. The van der Waals surface area contributed by atoms with Crippen molar-refractivity contribution in [1.82, 2.24) is 9.88 Å². The molecule has 1 aliphatic heterocycles. The van der Waals surface area contributed by atoms with E-state index in [0.717, 1.165) is 11.1 Å². The van der Waals surface area contributed by atoms with Crippen LogP contribution in [-0.4, -0.2) is 33.8 Å². The number of aliphatic hydroxyl groups is 1. The van der Waals surface area contributed by atoms with Crippen LogP contribution in [0.1, 0.15) is 28.5 Å². The number of nitrogens with zero attached hydrogens (tertiary/aromatic N) is 2. The minimum atomic E-state index is -0.863. The molecule has 30 heavy (non-hydrogen) atoms. The van der Waals surface area contributed by atoms with Gasteiger partial charge in [0.2, 0.25) is 0 Å². The average Bonchev–Trinajstić information content (AvgIpc) is 3.37. The third kappa shape index (κ3) is 3.34. The molecule has 1 aromatic carbocycles. The monoisotopic (exact) mass is 404 g/mol. The van der Waals surface area contributed by atoms with Gasteiger partial charge in [-0.05, 0) is 48.9 Å². The maximum Gasteiger partial charge on any atom is 0.296 e. The van der Waals surface area contributed by atoms with Crippen LogP contribution in [0.15, 0.2) is 71.1 Å². The second-order valence-electron chi connectivity index (χ2n) is 7.00. The number of carbonyl (C=O) groups excluding carboxylic acids is 2. The second kappa shape index (κ2) is 7.87. The zero-order valence-electron chi connectivity index (χ0n) is 16.5. The molecule has 7 heteroatoms. The van der Waals surface area contributed by atoms with E-state index in [1.54, 1.807) is 48.8 Å². The fraction of sp³-hybridized carbons (Fsp3) is 0.174. The van der Waals surface area contributed by atoms with Crippen molar-refractivity contribution >= 4 is 17.4 Å². The van der Waals surface area contributed by atoms with E-state index < -0.39 is 17.7 Å². The van der Waals surface area contributed by atoms with Gasteiger partial charge in [-0.15, -0.1) is 0 Å². The molecule has 3 heterocycles. The van der Waals surface area contributed by atoms with E-state index in [-0.39, 0.29) is 17.9 Å². The minimum absolute atomic E-state index is 0.0343. The Morgan fingerprint density at radius 3 is 2.63 bits per heavy atom. The number of rotatable bonds is 5. The van der Waals surface area contributed by atoms with Gasteiger partial charge < -0.3 is 19.2 Å². The van der Waals surface area contributed by atoms with Crippen LogP contribution in [0.2, 0.25) is 0 Å². The van der Waals surface area contributed by atoms with Gasteiger partial charge in [0.05, 0.1) is 24.5 Å². The van der Waals surface area contributed by atoms with Gasteiger partial charge in [-0.25, -0.2) is 0 Å². The molecule has 1 atom stereocenters. The lowest BCUT2D eigenvalue weighted by atomic mass is 9.98. The van der Waals surface area contributed by atoms with Gasteiger partial charge in [0.15, 0.2) is 0 Å². The molecule has 0 spiro atoms. The van der Waals surface area contributed by atoms with Crippen LogP contribution < -0.4 is 4.74 Å². The Morgan fingerprint density at radius 2 is 1.97 bits per heavy atom. The number of hydrogen-bond acceptors (Lipinski definition) is 6. The van der Waals surface area contributed by atoms with Crippen LogP contribution >= 0.6 is 0 Å². The molecule has 0 bridgehead atoms. The Hall–Kier alpha value is -3.87. The number of furan rings is 1. The van der Waals surface area contributed by atoms with E-state index in [9.17, 15) is 14.7 Å². The van der Waals surface area contributed by atoms with Crippen molar-refractivity contribution in [3.8, 4) is 5.75 Å². The fourth-order valence-corrected chi connectivity index (χ4v) is 3.62. The normalized spacial score (nSPS) is 18.1. The maximum atomic E-state index is 13.0. The van der Waals surface area contributed by atoms with Crippen molar-refractivity contribution in [2.24, 2.45) is 0 Å². The van der Waals surface area contributed by atoms with Crippen LogP contribution in [0, 0.1) is 6.92 Å². The summed E-state index contributed by atoms with van der Waals surface area (Å²) in [7, 11) is 1.48. The van der Waals surface area contributed by atoms with Crippen molar-refractivity contribution in [3.05, 3.63) is 89.1 Å². The summed E-state index contributed by atoms with van der Waals surface area (Å²) in [6.45, 7) is 2.03. The third-order valence-corrected chi connectivity index (χ3v) is 5.07. The van der Waals surface area contributed by atoms with Crippen LogP contribution in [0.25, 0.3) is 5.76 Å². The van der Waals surface area contributed by atoms with Crippen LogP contribution in [0.3, 0.4) is 0 Å². The van der Waals surface area contributed by atoms with Crippen molar-refractivity contribution in [2.45, 2.75) is 19.5 Å². The number of Topliss-reactive ketones (excluding diaryl/α,β-unsaturated/α-hetero) is 1. The Labute approximate surface area is 173 Å². The molecule has 4 rings (SSSR count). The molecule has 1 N–H and O–H groups in total.